The number of carbonyl (C=O) groups excluding carboxylic acids is 1. The molecule has 0 radical (unpaired) electrons. The Balaban J connectivity index is 2.58. The number of benzene rings is 1. The number of carbonyl (C=O) groups is 1. The predicted octanol–water partition coefficient (Wildman–Crippen LogP) is 2.78. The second-order valence-corrected chi connectivity index (χ2v) is 4.02. The smallest absolute Gasteiger partial charge is 0.347 e. The van der Waals surface area contributed by atoms with Crippen molar-refractivity contribution >= 4 is 16.8 Å². The molecule has 1 aromatic heterocycles. The molecule has 18 heavy (non-hydrogen) atoms. The molecule has 0 atom stereocenters. The summed E-state index contributed by atoms with van der Waals surface area (Å²) in [4.78, 5) is 23.5. The van der Waals surface area contributed by atoms with Crippen LogP contribution in [-0.2, 0) is 0 Å². The summed E-state index contributed by atoms with van der Waals surface area (Å²) in [6, 6.07) is 6.67. The zero-order valence-corrected chi connectivity index (χ0v) is 10.4. The van der Waals surface area contributed by atoms with Gasteiger partial charge in [-0.15, -0.1) is 0 Å². The Morgan fingerprint density at radius 2 is 2.11 bits per heavy atom. The summed E-state index contributed by atoms with van der Waals surface area (Å²) in [6.45, 7) is 1.89. The van der Waals surface area contributed by atoms with Gasteiger partial charge < -0.3 is 9.15 Å². The van der Waals surface area contributed by atoms with E-state index in [9.17, 15) is 9.59 Å². The minimum absolute atomic E-state index is 0.109. The van der Waals surface area contributed by atoms with Crippen LogP contribution in [0.15, 0.2) is 33.5 Å². The van der Waals surface area contributed by atoms with Crippen molar-refractivity contribution in [3.63, 3.8) is 0 Å². The van der Waals surface area contributed by atoms with Gasteiger partial charge in [0.05, 0.1) is 7.11 Å². The minimum atomic E-state index is -0.578. The molecule has 0 N–H and O–H groups in total. The summed E-state index contributed by atoms with van der Waals surface area (Å²) in [5.41, 5.74) is -0.0161. The number of ether oxygens (including phenoxy) is 1. The van der Waals surface area contributed by atoms with Gasteiger partial charge in [0.15, 0.2) is 5.78 Å². The van der Waals surface area contributed by atoms with Gasteiger partial charge in [0.1, 0.15) is 16.9 Å². The first-order valence-corrected chi connectivity index (χ1v) is 5.80. The van der Waals surface area contributed by atoms with Crippen molar-refractivity contribution in [2.45, 2.75) is 19.8 Å². The topological polar surface area (TPSA) is 56.5 Å². The Bertz CT molecular complexity index is 640. The van der Waals surface area contributed by atoms with Crippen molar-refractivity contribution in [2.24, 2.45) is 0 Å². The van der Waals surface area contributed by atoms with Gasteiger partial charge >= 0.3 is 5.63 Å². The van der Waals surface area contributed by atoms with Crippen molar-refractivity contribution in [1.29, 1.82) is 0 Å². The number of hydrogen-bond acceptors (Lipinski definition) is 4. The number of fused-ring (bicyclic) bond motifs is 1. The molecule has 0 aliphatic rings. The maximum Gasteiger partial charge on any atom is 0.347 e. The molecular formula is C14H14O4. The van der Waals surface area contributed by atoms with Crippen molar-refractivity contribution in [3.05, 3.63) is 40.2 Å². The zero-order valence-electron chi connectivity index (χ0n) is 10.4. The molecule has 94 valence electrons. The van der Waals surface area contributed by atoms with Crippen molar-refractivity contribution in [3.8, 4) is 5.75 Å². The summed E-state index contributed by atoms with van der Waals surface area (Å²) >= 11 is 0. The number of Topliss-reactive ketones (excluding diaryl/α,β-unsaturated/α-hetero) is 1. The second kappa shape index (κ2) is 5.04. The lowest BCUT2D eigenvalue weighted by atomic mass is 10.1. The van der Waals surface area contributed by atoms with E-state index in [1.54, 1.807) is 31.4 Å². The largest absolute Gasteiger partial charge is 0.497 e. The summed E-state index contributed by atoms with van der Waals surface area (Å²) < 4.78 is 10.2. The molecule has 0 spiro atoms. The molecule has 0 aliphatic heterocycles. The third-order valence-corrected chi connectivity index (χ3v) is 2.72. The van der Waals surface area contributed by atoms with Crippen LogP contribution in [0.25, 0.3) is 11.0 Å². The van der Waals surface area contributed by atoms with Crippen molar-refractivity contribution in [2.75, 3.05) is 7.11 Å². The van der Waals surface area contributed by atoms with E-state index in [1.165, 1.54) is 0 Å². The van der Waals surface area contributed by atoms with E-state index in [2.05, 4.69) is 0 Å². The quantitative estimate of drug-likeness (QED) is 0.614. The summed E-state index contributed by atoms with van der Waals surface area (Å²) in [5, 5.41) is 0.688. The Hall–Kier alpha value is -2.10. The monoisotopic (exact) mass is 246 g/mol. The third-order valence-electron chi connectivity index (χ3n) is 2.72. The highest BCUT2D eigenvalue weighted by atomic mass is 16.5. The average molecular weight is 246 g/mol. The highest BCUT2D eigenvalue weighted by Crippen LogP contribution is 2.20. The number of ketones is 1. The van der Waals surface area contributed by atoms with Gasteiger partial charge in [-0.25, -0.2) is 4.79 Å². The average Bonchev–Trinajstić information content (AvgIpc) is 2.37. The number of hydrogen-bond donors (Lipinski definition) is 0. The standard InChI is InChI=1S/C14H14O4/c1-3-4-12(15)11-8-9-7-10(17-2)5-6-13(9)18-14(11)16/h5-8H,3-4H2,1-2H3. The van der Waals surface area contributed by atoms with E-state index in [-0.39, 0.29) is 11.3 Å². The molecule has 4 nitrogen and oxygen atoms in total. The van der Waals surface area contributed by atoms with Crippen LogP contribution in [0, 0.1) is 0 Å². The van der Waals surface area contributed by atoms with Gasteiger partial charge in [0, 0.05) is 11.8 Å². The highest BCUT2D eigenvalue weighted by molar-refractivity contribution is 5.98. The van der Waals surface area contributed by atoms with E-state index >= 15 is 0 Å². The molecule has 0 saturated heterocycles. The highest BCUT2D eigenvalue weighted by Gasteiger charge is 2.12. The van der Waals surface area contributed by atoms with E-state index in [0.717, 1.165) is 0 Å². The minimum Gasteiger partial charge on any atom is -0.497 e. The third kappa shape index (κ3) is 2.27. The molecule has 0 fully saturated rings. The van der Waals surface area contributed by atoms with Gasteiger partial charge in [-0.2, -0.15) is 0 Å². The van der Waals surface area contributed by atoms with Crippen LogP contribution in [0.4, 0.5) is 0 Å². The van der Waals surface area contributed by atoms with E-state index < -0.39 is 5.63 Å². The maximum absolute atomic E-state index is 11.8. The first kappa shape index (κ1) is 12.4. The molecule has 0 unspecified atom stereocenters. The first-order valence-electron chi connectivity index (χ1n) is 5.80. The molecule has 1 heterocycles. The van der Waals surface area contributed by atoms with Gasteiger partial charge in [0.2, 0.25) is 0 Å². The molecular weight excluding hydrogens is 232 g/mol. The maximum atomic E-state index is 11.8. The predicted molar refractivity (Wildman–Crippen MR) is 68.3 cm³/mol. The molecule has 0 bridgehead atoms. The van der Waals surface area contributed by atoms with Crippen LogP contribution in [0.1, 0.15) is 30.1 Å². The molecule has 0 amide bonds. The fourth-order valence-electron chi connectivity index (χ4n) is 1.78. The molecule has 1 aromatic carbocycles. The van der Waals surface area contributed by atoms with Gasteiger partial charge in [0.25, 0.3) is 0 Å². The Morgan fingerprint density at radius 3 is 2.78 bits per heavy atom. The summed E-state index contributed by atoms with van der Waals surface area (Å²) in [5.74, 6) is 0.473. The van der Waals surface area contributed by atoms with Crippen LogP contribution in [0.5, 0.6) is 5.75 Å². The zero-order chi connectivity index (χ0) is 13.1. The molecule has 0 aliphatic carbocycles. The lowest BCUT2D eigenvalue weighted by molar-refractivity contribution is 0.0978. The number of methoxy groups -OCH3 is 1. The Kier molecular flexibility index (Phi) is 3.46. The van der Waals surface area contributed by atoms with Crippen LogP contribution in [-0.4, -0.2) is 12.9 Å². The lowest BCUT2D eigenvalue weighted by Crippen LogP contribution is -2.13. The van der Waals surface area contributed by atoms with E-state index in [1.807, 2.05) is 6.92 Å². The SMILES string of the molecule is CCCC(=O)c1cc2cc(OC)ccc2oc1=O. The summed E-state index contributed by atoms with van der Waals surface area (Å²) in [7, 11) is 1.56. The van der Waals surface area contributed by atoms with E-state index in [4.69, 9.17) is 9.15 Å². The van der Waals surface area contributed by atoms with Crippen LogP contribution in [0.2, 0.25) is 0 Å². The van der Waals surface area contributed by atoms with Crippen LogP contribution < -0.4 is 10.4 Å². The molecule has 2 rings (SSSR count). The van der Waals surface area contributed by atoms with Gasteiger partial charge in [-0.3, -0.25) is 4.79 Å². The summed E-state index contributed by atoms with van der Waals surface area (Å²) in [6.07, 6.45) is 1.05. The normalized spacial score (nSPS) is 10.6. The lowest BCUT2D eigenvalue weighted by Gasteiger charge is -2.03. The molecule has 0 saturated carbocycles. The van der Waals surface area contributed by atoms with Crippen molar-refractivity contribution in [1.82, 2.24) is 0 Å². The fourth-order valence-corrected chi connectivity index (χ4v) is 1.78. The van der Waals surface area contributed by atoms with Gasteiger partial charge in [-0.05, 0) is 30.7 Å². The van der Waals surface area contributed by atoms with E-state index in [0.29, 0.717) is 29.6 Å². The van der Waals surface area contributed by atoms with Crippen LogP contribution in [0.3, 0.4) is 0 Å². The Labute approximate surface area is 104 Å². The van der Waals surface area contributed by atoms with Gasteiger partial charge in [-0.1, -0.05) is 6.92 Å². The van der Waals surface area contributed by atoms with Crippen molar-refractivity contribution < 1.29 is 13.9 Å². The number of rotatable bonds is 4. The molecule has 4 heteroatoms. The second-order valence-electron chi connectivity index (χ2n) is 4.02. The van der Waals surface area contributed by atoms with Crippen LogP contribution >= 0.6 is 0 Å². The first-order chi connectivity index (χ1) is 8.65. The Morgan fingerprint density at radius 1 is 1.33 bits per heavy atom. The molecule has 2 aromatic rings. The fraction of sp³-hybridized carbons (Fsp3) is 0.286.